The van der Waals surface area contributed by atoms with Gasteiger partial charge in [-0.3, -0.25) is 14.6 Å². The van der Waals surface area contributed by atoms with E-state index in [0.717, 1.165) is 169 Å². The third-order valence-corrected chi connectivity index (χ3v) is 17.1. The molecule has 1 saturated carbocycles. The topological polar surface area (TPSA) is 103 Å². The lowest BCUT2D eigenvalue weighted by molar-refractivity contribution is -0.138. The number of hydrogen-bond donors (Lipinski definition) is 4. The van der Waals surface area contributed by atoms with Gasteiger partial charge in [0.2, 0.25) is 5.91 Å². The molecule has 14 heteroatoms. The lowest BCUT2D eigenvalue weighted by Gasteiger charge is -2.42. The third kappa shape index (κ3) is 21.8. The van der Waals surface area contributed by atoms with Crippen LogP contribution in [0.25, 0.3) is 0 Å². The molecule has 0 aromatic rings. The highest BCUT2D eigenvalue weighted by Gasteiger charge is 2.40. The van der Waals surface area contributed by atoms with Crippen molar-refractivity contribution >= 4 is 5.91 Å². The molecule has 0 radical (unpaired) electrons. The highest BCUT2D eigenvalue weighted by Crippen LogP contribution is 2.32. The molecule has 3 aliphatic heterocycles. The Labute approximate surface area is 426 Å². The van der Waals surface area contributed by atoms with Gasteiger partial charge >= 0.3 is 0 Å². The predicted octanol–water partition coefficient (Wildman–Crippen LogP) is 4.05. The lowest BCUT2D eigenvalue weighted by Crippen LogP contribution is -2.58. The largest absolute Gasteiger partial charge is 0.392 e. The fraction of sp³-hybridized carbons (Fsp3) is 0.982. The number of carbonyl (C=O) groups is 1. The monoisotopic (exact) mass is 975 g/mol. The van der Waals surface area contributed by atoms with Crippen molar-refractivity contribution in [3.63, 3.8) is 0 Å². The minimum Gasteiger partial charge on any atom is -0.392 e. The predicted molar refractivity (Wildman–Crippen MR) is 293 cm³/mol. The zero-order valence-corrected chi connectivity index (χ0v) is 47.5. The van der Waals surface area contributed by atoms with Crippen molar-refractivity contribution in [3.05, 3.63) is 0 Å². The Morgan fingerprint density at radius 3 is 1.81 bits per heavy atom. The van der Waals surface area contributed by atoms with E-state index in [0.29, 0.717) is 47.8 Å². The molecule has 1 amide bonds. The van der Waals surface area contributed by atoms with Crippen molar-refractivity contribution in [2.45, 2.75) is 160 Å². The fourth-order valence-corrected chi connectivity index (χ4v) is 12.0. The van der Waals surface area contributed by atoms with E-state index >= 15 is 0 Å². The van der Waals surface area contributed by atoms with E-state index in [1.165, 1.54) is 32.1 Å². The van der Waals surface area contributed by atoms with Crippen LogP contribution in [0.3, 0.4) is 0 Å². The molecule has 4 rings (SSSR count). The van der Waals surface area contributed by atoms with Gasteiger partial charge < -0.3 is 55.4 Å². The first-order valence-electron chi connectivity index (χ1n) is 28.6. The van der Waals surface area contributed by atoms with E-state index in [1.807, 2.05) is 0 Å². The molecular weight excluding hydrogens is 861 g/mol. The number of rotatable bonds is 7. The van der Waals surface area contributed by atoms with E-state index in [-0.39, 0.29) is 17.7 Å². The van der Waals surface area contributed by atoms with Crippen LogP contribution in [0.2, 0.25) is 0 Å². The van der Waals surface area contributed by atoms with Gasteiger partial charge in [0.25, 0.3) is 0 Å². The standard InChI is InChI=1S/C55H114N12O2/c1-14-47(6)52-43-62(10)35-34-61(9)33-32-60(8)31-30-59(7)28-23-56-24-29-67-42-51(68)38-49(67)40-58-55(21-16-17-22-55)44-65(13)50(37-46(4)5)41-64(12)53(54(69)66-25-18-15-19-26-66)20-27-63(11)48(39-57-52)36-45(2)3/h45-53,56-58,68H,14-44H2,1-13H3/t47-,48?,49?,50?,51?,52?,53?/m0/s1. The molecule has 7 atom stereocenters. The molecule has 14 nitrogen and oxygen atoms in total. The van der Waals surface area contributed by atoms with Crippen LogP contribution >= 0.6 is 0 Å². The summed E-state index contributed by atoms with van der Waals surface area (Å²) in [4.78, 5) is 37.2. The number of hydrogen-bond acceptors (Lipinski definition) is 13. The summed E-state index contributed by atoms with van der Waals surface area (Å²) in [5.41, 5.74) is 0.0695. The maximum absolute atomic E-state index is 14.8. The first-order chi connectivity index (χ1) is 32.9. The van der Waals surface area contributed by atoms with Crippen LogP contribution < -0.4 is 16.0 Å². The van der Waals surface area contributed by atoms with E-state index in [9.17, 15) is 9.90 Å². The summed E-state index contributed by atoms with van der Waals surface area (Å²) in [5.74, 6) is 2.07. The Kier molecular flexibility index (Phi) is 27.8. The summed E-state index contributed by atoms with van der Waals surface area (Å²) in [5, 5.41) is 23.0. The number of likely N-dealkylation sites (N-methyl/N-ethyl adjacent to an activating group) is 7. The second-order valence-electron chi connectivity index (χ2n) is 24.3. The SMILES string of the molecule is CC[C@H](C)C1CN(C)CCN(C)CCN(C)CCN(C)CCNCCN2CC(O)CC2CNC2(CCCC2)CN(C)C(CC(C)C)CN(C)C(C(=O)N2CCCCC2)CCN(C)C(CC(C)C)CN1. The van der Waals surface area contributed by atoms with E-state index in [2.05, 4.69) is 151 Å². The molecule has 69 heavy (non-hydrogen) atoms. The maximum Gasteiger partial charge on any atom is 0.239 e. The molecule has 4 aliphatic rings. The zero-order valence-electron chi connectivity index (χ0n) is 47.5. The average molecular weight is 976 g/mol. The summed E-state index contributed by atoms with van der Waals surface area (Å²) >= 11 is 0. The summed E-state index contributed by atoms with van der Waals surface area (Å²) in [6, 6.07) is 1.37. The molecule has 6 unspecified atom stereocenters. The van der Waals surface area contributed by atoms with Gasteiger partial charge in [0, 0.05) is 154 Å². The van der Waals surface area contributed by atoms with Gasteiger partial charge in [0.15, 0.2) is 0 Å². The third-order valence-electron chi connectivity index (χ3n) is 17.1. The number of piperidine rings is 1. The number of aliphatic hydroxyl groups is 1. The minimum atomic E-state index is -0.254. The molecule has 0 aromatic carbocycles. The first kappa shape index (κ1) is 60.5. The molecule has 4 fully saturated rings. The summed E-state index contributed by atoms with van der Waals surface area (Å²) in [7, 11) is 16.1. The summed E-state index contributed by atoms with van der Waals surface area (Å²) in [6.45, 7) is 32.9. The van der Waals surface area contributed by atoms with Crippen molar-refractivity contribution < 1.29 is 9.90 Å². The van der Waals surface area contributed by atoms with Gasteiger partial charge in [-0.2, -0.15) is 0 Å². The summed E-state index contributed by atoms with van der Waals surface area (Å²) < 4.78 is 0. The quantitative estimate of drug-likeness (QED) is 0.296. The van der Waals surface area contributed by atoms with Crippen molar-refractivity contribution in [1.29, 1.82) is 0 Å². The van der Waals surface area contributed by atoms with Crippen LogP contribution in [-0.2, 0) is 4.79 Å². The fourth-order valence-electron chi connectivity index (χ4n) is 12.0. The van der Waals surface area contributed by atoms with Crippen LogP contribution in [0.15, 0.2) is 0 Å². The second-order valence-corrected chi connectivity index (χ2v) is 24.3. The Hall–Kier alpha value is -1.01. The first-order valence-corrected chi connectivity index (χ1v) is 28.6. The molecule has 1 spiro atoms. The molecule has 3 saturated heterocycles. The molecule has 4 N–H and O–H groups in total. The Balaban J connectivity index is 1.56. The van der Waals surface area contributed by atoms with Gasteiger partial charge in [0.1, 0.15) is 0 Å². The number of aliphatic hydroxyl groups excluding tert-OH is 1. The number of fused-ring (bicyclic) bond motifs is 1. The van der Waals surface area contributed by atoms with E-state index < -0.39 is 0 Å². The smallest absolute Gasteiger partial charge is 0.239 e. The number of likely N-dealkylation sites (tertiary alicyclic amines) is 1. The van der Waals surface area contributed by atoms with Crippen LogP contribution in [0, 0.1) is 17.8 Å². The van der Waals surface area contributed by atoms with Crippen LogP contribution in [0.5, 0.6) is 0 Å². The van der Waals surface area contributed by atoms with Gasteiger partial charge in [-0.05, 0) is 125 Å². The Morgan fingerprint density at radius 1 is 0.623 bits per heavy atom. The number of amides is 1. The Morgan fingerprint density at radius 2 is 1.20 bits per heavy atom. The van der Waals surface area contributed by atoms with Gasteiger partial charge in [-0.1, -0.05) is 60.8 Å². The molecular formula is C55H114N12O2. The van der Waals surface area contributed by atoms with Gasteiger partial charge in [-0.25, -0.2) is 0 Å². The maximum atomic E-state index is 14.8. The Bertz CT molecular complexity index is 1370. The summed E-state index contributed by atoms with van der Waals surface area (Å²) in [6.07, 6.45) is 13.2. The van der Waals surface area contributed by atoms with Gasteiger partial charge in [0.05, 0.1) is 12.1 Å². The molecule has 0 aromatic heterocycles. The second kappa shape index (κ2) is 31.7. The van der Waals surface area contributed by atoms with Crippen LogP contribution in [0.4, 0.5) is 0 Å². The van der Waals surface area contributed by atoms with Crippen LogP contribution in [0.1, 0.15) is 119 Å². The minimum absolute atomic E-state index is 0.0695. The van der Waals surface area contributed by atoms with Crippen molar-refractivity contribution in [3.8, 4) is 0 Å². The van der Waals surface area contributed by atoms with Crippen molar-refractivity contribution in [2.75, 3.05) is 174 Å². The highest BCUT2D eigenvalue weighted by atomic mass is 16.3. The average Bonchev–Trinajstić information content (AvgIpc) is 3.93. The number of nitrogens with one attached hydrogen (secondary N) is 3. The van der Waals surface area contributed by atoms with Crippen LogP contribution in [-0.4, -0.2) is 271 Å². The van der Waals surface area contributed by atoms with E-state index in [4.69, 9.17) is 0 Å². The van der Waals surface area contributed by atoms with Crippen molar-refractivity contribution in [2.24, 2.45) is 17.8 Å². The molecule has 0 bridgehead atoms. The zero-order chi connectivity index (χ0) is 50.5. The number of carbonyl (C=O) groups excluding carboxylic acids is 1. The van der Waals surface area contributed by atoms with E-state index in [1.54, 1.807) is 0 Å². The molecule has 1 aliphatic carbocycles. The highest BCUT2D eigenvalue weighted by molar-refractivity contribution is 5.82. The normalized spacial score (nSPS) is 31.3. The molecule has 406 valence electrons. The lowest BCUT2D eigenvalue weighted by atomic mass is 9.93. The number of nitrogens with zero attached hydrogens (tertiary/aromatic N) is 9. The van der Waals surface area contributed by atoms with Gasteiger partial charge in [-0.15, -0.1) is 0 Å². The molecule has 3 heterocycles. The van der Waals surface area contributed by atoms with Crippen molar-refractivity contribution in [1.82, 2.24) is 60.0 Å².